The maximum Gasteiger partial charge on any atom is 0.303 e. The molecule has 2 atom stereocenters. The largest absolute Gasteiger partial charge is 0.490 e. The number of aliphatic carboxylic acids is 1. The number of fused-ring (bicyclic) bond motifs is 1. The maximum absolute atomic E-state index is 14.1. The van der Waals surface area contributed by atoms with Gasteiger partial charge in [0, 0.05) is 19.0 Å². The molecule has 4 rings (SSSR count). The van der Waals surface area contributed by atoms with Gasteiger partial charge in [0.25, 0.3) is 6.43 Å². The molecule has 4 nitrogen and oxygen atoms in total. The Kier molecular flexibility index (Phi) is 7.52. The molecule has 2 aromatic rings. The van der Waals surface area contributed by atoms with E-state index in [1.807, 2.05) is 18.2 Å². The smallest absolute Gasteiger partial charge is 0.303 e. The highest BCUT2D eigenvalue weighted by Gasteiger charge is 2.27. The second-order valence-electron chi connectivity index (χ2n) is 10.0. The van der Waals surface area contributed by atoms with Gasteiger partial charge in [-0.15, -0.1) is 0 Å². The van der Waals surface area contributed by atoms with Crippen molar-refractivity contribution in [2.45, 2.75) is 77.4 Å². The molecular formula is C27H35F2NO3. The summed E-state index contributed by atoms with van der Waals surface area (Å²) in [6, 6.07) is 9.43. The number of rotatable bonds is 7. The molecule has 0 spiro atoms. The van der Waals surface area contributed by atoms with Gasteiger partial charge in [0.05, 0.1) is 11.7 Å². The summed E-state index contributed by atoms with van der Waals surface area (Å²) in [6.07, 6.45) is 3.50. The van der Waals surface area contributed by atoms with Crippen LogP contribution in [0.1, 0.15) is 82.4 Å². The summed E-state index contributed by atoms with van der Waals surface area (Å²) in [5, 5.41) is 10.5. The number of carbonyl (C=O) groups is 1. The van der Waals surface area contributed by atoms with E-state index in [1.165, 1.54) is 0 Å². The van der Waals surface area contributed by atoms with Gasteiger partial charge in [0.1, 0.15) is 5.75 Å². The van der Waals surface area contributed by atoms with Crippen LogP contribution in [0.2, 0.25) is 0 Å². The Balaban J connectivity index is 1.55. The number of halogens is 2. The summed E-state index contributed by atoms with van der Waals surface area (Å²) in [7, 11) is 0. The van der Waals surface area contributed by atoms with Gasteiger partial charge in [-0.25, -0.2) is 8.78 Å². The lowest BCUT2D eigenvalue weighted by Gasteiger charge is -2.36. The number of carboxylic acids is 1. The minimum atomic E-state index is -2.60. The molecule has 33 heavy (non-hydrogen) atoms. The molecule has 1 heterocycles. The first kappa shape index (κ1) is 23.9. The minimum absolute atomic E-state index is 0.00768. The second kappa shape index (κ2) is 10.4. The van der Waals surface area contributed by atoms with Crippen LogP contribution in [0.4, 0.5) is 8.78 Å². The van der Waals surface area contributed by atoms with Crippen LogP contribution in [-0.4, -0.2) is 35.2 Å². The Morgan fingerprint density at radius 1 is 1.15 bits per heavy atom. The van der Waals surface area contributed by atoms with Gasteiger partial charge in [0.2, 0.25) is 0 Å². The van der Waals surface area contributed by atoms with Gasteiger partial charge in [-0.3, -0.25) is 9.69 Å². The normalized spacial score (nSPS) is 25.3. The molecule has 0 amide bonds. The van der Waals surface area contributed by atoms with E-state index in [4.69, 9.17) is 9.84 Å². The van der Waals surface area contributed by atoms with Gasteiger partial charge in [-0.2, -0.15) is 0 Å². The molecule has 2 aliphatic rings. The first-order valence-electron chi connectivity index (χ1n) is 12.3. The molecule has 2 aromatic carbocycles. The van der Waals surface area contributed by atoms with Gasteiger partial charge < -0.3 is 9.84 Å². The first-order chi connectivity index (χ1) is 15.8. The van der Waals surface area contributed by atoms with Crippen molar-refractivity contribution < 1.29 is 23.4 Å². The summed E-state index contributed by atoms with van der Waals surface area (Å²) in [4.78, 5) is 13.4. The van der Waals surface area contributed by atoms with Gasteiger partial charge >= 0.3 is 5.97 Å². The van der Waals surface area contributed by atoms with E-state index < -0.39 is 12.4 Å². The Labute approximate surface area is 194 Å². The van der Waals surface area contributed by atoms with E-state index in [2.05, 4.69) is 18.7 Å². The molecule has 1 aliphatic heterocycles. The quantitative estimate of drug-likeness (QED) is 0.485. The standard InChI is InChI=1S/C27H35F2NO3/c1-17-5-9-22(10-6-17)33-24-12-8-21-15-20(7-11-23(21)26(24)27(28)29)18(2)30-13-3-4-19(16-30)14-25(31)32/h7-8,11-12,15,17-19,22,27H,3-6,9-10,13-14,16H2,1-2H3,(H,31,32)/t17?,18?,19-,22?/m1/s1. The van der Waals surface area contributed by atoms with Crippen LogP contribution < -0.4 is 4.74 Å². The highest BCUT2D eigenvalue weighted by atomic mass is 19.3. The number of carboxylic acid groups (broad SMARTS) is 1. The molecule has 1 saturated carbocycles. The summed E-state index contributed by atoms with van der Waals surface area (Å²) in [5.74, 6) is 0.397. The van der Waals surface area contributed by atoms with Crippen molar-refractivity contribution in [1.29, 1.82) is 0 Å². The summed E-state index contributed by atoms with van der Waals surface area (Å²) in [5.41, 5.74) is 1.05. The minimum Gasteiger partial charge on any atom is -0.490 e. The molecule has 0 bridgehead atoms. The number of likely N-dealkylation sites (tertiary alicyclic amines) is 1. The summed E-state index contributed by atoms with van der Waals surface area (Å²) >= 11 is 0. The lowest BCUT2D eigenvalue weighted by atomic mass is 9.89. The van der Waals surface area contributed by atoms with Crippen LogP contribution in [0.15, 0.2) is 30.3 Å². The first-order valence-corrected chi connectivity index (χ1v) is 12.3. The monoisotopic (exact) mass is 459 g/mol. The molecule has 1 N–H and O–H groups in total. The highest BCUT2D eigenvalue weighted by Crippen LogP contribution is 2.39. The third-order valence-corrected chi connectivity index (χ3v) is 7.56. The number of ether oxygens (including phenoxy) is 1. The van der Waals surface area contributed by atoms with Crippen molar-refractivity contribution in [1.82, 2.24) is 4.90 Å². The Morgan fingerprint density at radius 2 is 1.91 bits per heavy atom. The molecule has 1 unspecified atom stereocenters. The van der Waals surface area contributed by atoms with E-state index in [0.717, 1.165) is 62.6 Å². The van der Waals surface area contributed by atoms with E-state index in [-0.39, 0.29) is 30.0 Å². The lowest BCUT2D eigenvalue weighted by molar-refractivity contribution is -0.138. The molecule has 0 aromatic heterocycles. The fraction of sp³-hybridized carbons (Fsp3) is 0.593. The van der Waals surface area contributed by atoms with E-state index in [1.54, 1.807) is 12.1 Å². The number of hydrogen-bond donors (Lipinski definition) is 1. The maximum atomic E-state index is 14.1. The number of benzene rings is 2. The Bertz CT molecular complexity index is 971. The van der Waals surface area contributed by atoms with Crippen LogP contribution in [0.3, 0.4) is 0 Å². The highest BCUT2D eigenvalue weighted by molar-refractivity contribution is 5.88. The van der Waals surface area contributed by atoms with Crippen molar-refractivity contribution in [2.24, 2.45) is 11.8 Å². The topological polar surface area (TPSA) is 49.8 Å². The van der Waals surface area contributed by atoms with Crippen molar-refractivity contribution in [3.8, 4) is 5.75 Å². The molecule has 1 saturated heterocycles. The van der Waals surface area contributed by atoms with Crippen LogP contribution in [0.5, 0.6) is 5.75 Å². The molecule has 1 aliphatic carbocycles. The molecule has 0 radical (unpaired) electrons. The molecule has 6 heteroatoms. The van der Waals surface area contributed by atoms with Crippen LogP contribution >= 0.6 is 0 Å². The number of piperidine rings is 1. The summed E-state index contributed by atoms with van der Waals surface area (Å²) < 4.78 is 34.4. The Morgan fingerprint density at radius 3 is 2.61 bits per heavy atom. The molecule has 2 fully saturated rings. The Hall–Kier alpha value is -2.21. The second-order valence-corrected chi connectivity index (χ2v) is 10.0. The van der Waals surface area contributed by atoms with Gasteiger partial charge in [-0.1, -0.05) is 25.1 Å². The average Bonchev–Trinajstić information content (AvgIpc) is 2.79. The van der Waals surface area contributed by atoms with Crippen molar-refractivity contribution in [2.75, 3.05) is 13.1 Å². The molecule has 180 valence electrons. The number of alkyl halides is 2. The zero-order valence-corrected chi connectivity index (χ0v) is 19.6. The van der Waals surface area contributed by atoms with Crippen molar-refractivity contribution in [3.63, 3.8) is 0 Å². The van der Waals surface area contributed by atoms with Gasteiger partial charge in [0.15, 0.2) is 0 Å². The predicted octanol–water partition coefficient (Wildman–Crippen LogP) is 6.98. The lowest BCUT2D eigenvalue weighted by Crippen LogP contribution is -2.37. The SMILES string of the molecule is CC1CCC(Oc2ccc3cc(C(C)N4CCC[C@H](CC(=O)O)C4)ccc3c2C(F)F)CC1. The van der Waals surface area contributed by atoms with Crippen molar-refractivity contribution >= 4 is 16.7 Å². The fourth-order valence-corrected chi connectivity index (χ4v) is 5.54. The predicted molar refractivity (Wildman–Crippen MR) is 126 cm³/mol. The fourth-order valence-electron chi connectivity index (χ4n) is 5.54. The van der Waals surface area contributed by atoms with Crippen molar-refractivity contribution in [3.05, 3.63) is 41.5 Å². The zero-order valence-electron chi connectivity index (χ0n) is 19.6. The van der Waals surface area contributed by atoms with E-state index in [0.29, 0.717) is 17.1 Å². The van der Waals surface area contributed by atoms with E-state index >= 15 is 0 Å². The third-order valence-electron chi connectivity index (χ3n) is 7.56. The van der Waals surface area contributed by atoms with Crippen LogP contribution in [-0.2, 0) is 4.79 Å². The van der Waals surface area contributed by atoms with E-state index in [9.17, 15) is 13.6 Å². The average molecular weight is 460 g/mol. The summed E-state index contributed by atoms with van der Waals surface area (Å²) in [6.45, 7) is 6.01. The third kappa shape index (κ3) is 5.65. The van der Waals surface area contributed by atoms with Crippen LogP contribution in [0.25, 0.3) is 10.8 Å². The number of nitrogens with zero attached hydrogens (tertiary/aromatic N) is 1. The van der Waals surface area contributed by atoms with Gasteiger partial charge in [-0.05, 0) is 92.3 Å². The number of hydrogen-bond acceptors (Lipinski definition) is 3. The zero-order chi connectivity index (χ0) is 23.5. The van der Waals surface area contributed by atoms with Crippen LogP contribution in [0, 0.1) is 11.8 Å². The molecular weight excluding hydrogens is 424 g/mol.